The fourth-order valence-corrected chi connectivity index (χ4v) is 4.56. The summed E-state index contributed by atoms with van der Waals surface area (Å²) >= 11 is 0. The number of guanidine groups is 1. The van der Waals surface area contributed by atoms with Crippen molar-refractivity contribution in [3.05, 3.63) is 77.6 Å². The number of anilines is 1. The van der Waals surface area contributed by atoms with Gasteiger partial charge in [-0.05, 0) is 37.5 Å². The number of amides is 3. The second kappa shape index (κ2) is 7.27. The maximum absolute atomic E-state index is 13.5. The van der Waals surface area contributed by atoms with Crippen molar-refractivity contribution in [1.29, 1.82) is 0 Å². The van der Waals surface area contributed by atoms with Gasteiger partial charge in [-0.15, -0.1) is 0 Å². The van der Waals surface area contributed by atoms with E-state index in [9.17, 15) is 9.59 Å². The third-order valence-electron chi connectivity index (χ3n) is 6.21. The molecule has 5 rings (SSSR count). The van der Waals surface area contributed by atoms with Gasteiger partial charge in [-0.25, -0.2) is 9.79 Å². The van der Waals surface area contributed by atoms with Gasteiger partial charge in [0.1, 0.15) is 0 Å². The highest BCUT2D eigenvalue weighted by molar-refractivity contribution is 6.10. The molecular formula is C24H25N5O2. The minimum atomic E-state index is -0.544. The Bertz CT molecular complexity index is 1110. The number of carbonyl (C=O) groups is 2. The number of hydrogen-bond donors (Lipinski definition) is 0. The third kappa shape index (κ3) is 3.00. The van der Waals surface area contributed by atoms with Crippen molar-refractivity contribution in [1.82, 2.24) is 14.7 Å². The minimum Gasteiger partial charge on any atom is -0.302 e. The lowest BCUT2D eigenvalue weighted by Crippen LogP contribution is -2.64. The molecule has 0 radical (unpaired) electrons. The summed E-state index contributed by atoms with van der Waals surface area (Å²) < 4.78 is 0. The molecule has 0 spiro atoms. The Morgan fingerprint density at radius 2 is 1.68 bits per heavy atom. The van der Waals surface area contributed by atoms with Gasteiger partial charge in [0.25, 0.3) is 5.91 Å². The van der Waals surface area contributed by atoms with E-state index >= 15 is 0 Å². The first kappa shape index (κ1) is 19.4. The third-order valence-corrected chi connectivity index (χ3v) is 6.21. The highest BCUT2D eigenvalue weighted by atomic mass is 16.2. The number of aliphatic imine (C=N–C) groups is 1. The molecule has 0 N–H and O–H groups in total. The summed E-state index contributed by atoms with van der Waals surface area (Å²) in [7, 11) is 1.73. The highest BCUT2D eigenvalue weighted by Gasteiger charge is 2.54. The van der Waals surface area contributed by atoms with E-state index < -0.39 is 12.2 Å². The van der Waals surface area contributed by atoms with Crippen LogP contribution in [0.5, 0.6) is 0 Å². The van der Waals surface area contributed by atoms with Crippen LogP contribution in [0.4, 0.5) is 10.5 Å². The number of urea groups is 1. The summed E-state index contributed by atoms with van der Waals surface area (Å²) in [6, 6.07) is 17.2. The molecule has 0 bridgehead atoms. The number of likely N-dealkylation sites (N-methyl/N-ethyl adjacent to an activating group) is 1. The van der Waals surface area contributed by atoms with Gasteiger partial charge >= 0.3 is 6.03 Å². The molecule has 2 aromatic carbocycles. The van der Waals surface area contributed by atoms with Crippen molar-refractivity contribution < 1.29 is 9.59 Å². The van der Waals surface area contributed by atoms with E-state index in [2.05, 4.69) is 17.9 Å². The van der Waals surface area contributed by atoms with Gasteiger partial charge in [0, 0.05) is 25.5 Å². The monoisotopic (exact) mass is 415 g/mol. The largest absolute Gasteiger partial charge is 0.328 e. The van der Waals surface area contributed by atoms with E-state index in [-0.39, 0.29) is 11.9 Å². The molecule has 1 saturated heterocycles. The number of aryl methyl sites for hydroxylation is 1. The number of fused-ring (bicyclic) bond motifs is 3. The Morgan fingerprint density at radius 1 is 0.968 bits per heavy atom. The number of allylic oxidation sites excluding steroid dienone is 1. The van der Waals surface area contributed by atoms with Crippen LogP contribution >= 0.6 is 0 Å². The predicted octanol–water partition coefficient (Wildman–Crippen LogP) is 3.18. The Hall–Kier alpha value is -3.61. The van der Waals surface area contributed by atoms with E-state index in [4.69, 9.17) is 4.99 Å². The second-order valence-electron chi connectivity index (χ2n) is 8.21. The molecule has 0 saturated carbocycles. The number of hydrogen-bond acceptors (Lipinski definition) is 5. The summed E-state index contributed by atoms with van der Waals surface area (Å²) in [5, 5.41) is 0. The zero-order valence-corrected chi connectivity index (χ0v) is 17.9. The van der Waals surface area contributed by atoms with E-state index in [1.54, 1.807) is 11.9 Å². The average molecular weight is 415 g/mol. The van der Waals surface area contributed by atoms with Crippen LogP contribution in [0, 0.1) is 6.92 Å². The molecule has 1 fully saturated rings. The maximum Gasteiger partial charge on any atom is 0.328 e. The quantitative estimate of drug-likeness (QED) is 0.770. The molecule has 2 unspecified atom stereocenters. The molecule has 7 nitrogen and oxygen atoms in total. The number of benzene rings is 2. The maximum atomic E-state index is 13.5. The van der Waals surface area contributed by atoms with Crippen molar-refractivity contribution in [2.24, 2.45) is 4.99 Å². The van der Waals surface area contributed by atoms with Gasteiger partial charge < -0.3 is 9.80 Å². The minimum absolute atomic E-state index is 0.196. The number of para-hydroxylation sites is 1. The van der Waals surface area contributed by atoms with Gasteiger partial charge in [0.05, 0.1) is 5.69 Å². The molecule has 2 atom stereocenters. The summed E-state index contributed by atoms with van der Waals surface area (Å²) in [6.07, 6.45) is 2.06. The number of carbonyl (C=O) groups excluding carboxylic acids is 2. The Balaban J connectivity index is 1.44. The lowest BCUT2D eigenvalue weighted by molar-refractivity contribution is -0.136. The molecular weight excluding hydrogens is 390 g/mol. The van der Waals surface area contributed by atoms with E-state index in [1.807, 2.05) is 66.6 Å². The molecule has 3 amide bonds. The van der Waals surface area contributed by atoms with Crippen LogP contribution < -0.4 is 4.90 Å². The highest BCUT2D eigenvalue weighted by Crippen LogP contribution is 2.37. The second-order valence-corrected chi connectivity index (χ2v) is 8.21. The lowest BCUT2D eigenvalue weighted by atomic mass is 10.1. The molecule has 3 aliphatic heterocycles. The standard InChI is InChI=1S/C24H25N5O2/c1-16-9-7-8-12-19(16)29-17(2)15-28-20-21(25-23(28)29)26(3)24(31)27(22(20)30)14-13-18-10-5-4-6-11-18/h4-12,15,20-21H,13-14H2,1-3H3. The average Bonchev–Trinajstić information content (AvgIpc) is 3.28. The van der Waals surface area contributed by atoms with Gasteiger partial charge in [-0.2, -0.15) is 0 Å². The van der Waals surface area contributed by atoms with Crippen LogP contribution in [0.25, 0.3) is 0 Å². The smallest absolute Gasteiger partial charge is 0.302 e. The molecule has 2 aromatic rings. The Kier molecular flexibility index (Phi) is 4.54. The van der Waals surface area contributed by atoms with E-state index in [1.165, 1.54) is 4.90 Å². The number of imide groups is 1. The molecule has 0 aliphatic carbocycles. The van der Waals surface area contributed by atoms with Crippen molar-refractivity contribution in [2.45, 2.75) is 32.5 Å². The molecule has 3 aliphatic rings. The van der Waals surface area contributed by atoms with E-state index in [0.717, 1.165) is 22.5 Å². The van der Waals surface area contributed by atoms with Gasteiger partial charge in [-0.3, -0.25) is 14.6 Å². The number of rotatable bonds is 4. The van der Waals surface area contributed by atoms with Crippen molar-refractivity contribution in [3.63, 3.8) is 0 Å². The molecule has 158 valence electrons. The van der Waals surface area contributed by atoms with Crippen LogP contribution in [0.15, 0.2) is 71.5 Å². The molecule has 3 heterocycles. The summed E-state index contributed by atoms with van der Waals surface area (Å²) in [5.41, 5.74) is 4.24. The fourth-order valence-electron chi connectivity index (χ4n) is 4.56. The summed E-state index contributed by atoms with van der Waals surface area (Å²) in [6.45, 7) is 4.42. The van der Waals surface area contributed by atoms with E-state index in [0.29, 0.717) is 18.9 Å². The molecule has 7 heteroatoms. The normalized spacial score (nSPS) is 22.5. The fraction of sp³-hybridized carbons (Fsp3) is 0.292. The van der Waals surface area contributed by atoms with Crippen molar-refractivity contribution in [2.75, 3.05) is 18.5 Å². The van der Waals surface area contributed by atoms with Crippen LogP contribution in [-0.2, 0) is 11.2 Å². The van der Waals surface area contributed by atoms with Gasteiger partial charge in [-0.1, -0.05) is 48.5 Å². The first-order valence-corrected chi connectivity index (χ1v) is 10.5. The Morgan fingerprint density at radius 3 is 2.42 bits per heavy atom. The topological polar surface area (TPSA) is 59.5 Å². The molecule has 0 aromatic heterocycles. The lowest BCUT2D eigenvalue weighted by Gasteiger charge is -2.40. The van der Waals surface area contributed by atoms with Crippen LogP contribution in [0.2, 0.25) is 0 Å². The zero-order chi connectivity index (χ0) is 21.7. The van der Waals surface area contributed by atoms with Crippen molar-refractivity contribution >= 4 is 23.6 Å². The first-order valence-electron chi connectivity index (χ1n) is 10.5. The van der Waals surface area contributed by atoms with Crippen LogP contribution in [-0.4, -0.2) is 58.4 Å². The zero-order valence-electron chi connectivity index (χ0n) is 17.9. The van der Waals surface area contributed by atoms with Crippen LogP contribution in [0.1, 0.15) is 18.1 Å². The summed E-state index contributed by atoms with van der Waals surface area (Å²) in [4.78, 5) is 38.2. The Labute approximate surface area is 181 Å². The van der Waals surface area contributed by atoms with Gasteiger partial charge in [0.2, 0.25) is 5.96 Å². The van der Waals surface area contributed by atoms with Crippen LogP contribution in [0.3, 0.4) is 0 Å². The predicted molar refractivity (Wildman–Crippen MR) is 119 cm³/mol. The SMILES string of the molecule is CC1=CN2C(=NC3C2C(=O)N(CCc2ccccc2)C(=O)N3C)N1c1ccccc1C. The van der Waals surface area contributed by atoms with Crippen molar-refractivity contribution in [3.8, 4) is 0 Å². The van der Waals surface area contributed by atoms with Gasteiger partial charge in [0.15, 0.2) is 12.2 Å². The molecule has 31 heavy (non-hydrogen) atoms. The number of nitrogens with zero attached hydrogens (tertiary/aromatic N) is 5. The summed E-state index contributed by atoms with van der Waals surface area (Å²) in [5.74, 6) is 0.498. The first-order chi connectivity index (χ1) is 15.0.